The molecule has 0 fully saturated rings. The molecule has 0 aromatic heterocycles. The minimum atomic E-state index is -0.722. The minimum Gasteiger partial charge on any atom is -0.481 e. The van der Waals surface area contributed by atoms with Gasteiger partial charge in [0.25, 0.3) is 0 Å². The summed E-state index contributed by atoms with van der Waals surface area (Å²) < 4.78 is 0. The zero-order valence-corrected chi connectivity index (χ0v) is 8.52. The molecule has 80 valence electrons. The van der Waals surface area contributed by atoms with E-state index in [0.717, 1.165) is 12.0 Å². The van der Waals surface area contributed by atoms with Crippen molar-refractivity contribution < 1.29 is 9.90 Å². The third-order valence-electron chi connectivity index (χ3n) is 3.24. The highest BCUT2D eigenvalue weighted by Crippen LogP contribution is 2.35. The second kappa shape index (κ2) is 4.03. The van der Waals surface area contributed by atoms with Crippen molar-refractivity contribution in [1.29, 1.82) is 0 Å². The maximum Gasteiger partial charge on any atom is 0.307 e. The second-order valence-electron chi connectivity index (χ2n) is 4.02. The fourth-order valence-corrected chi connectivity index (χ4v) is 2.44. The number of aliphatic carboxylic acids is 1. The average Bonchev–Trinajstić information content (AvgIpc) is 2.27. The van der Waals surface area contributed by atoms with Crippen LogP contribution in [0.15, 0.2) is 24.3 Å². The van der Waals surface area contributed by atoms with Crippen molar-refractivity contribution in [1.82, 2.24) is 0 Å². The van der Waals surface area contributed by atoms with Crippen LogP contribution in [0.2, 0.25) is 0 Å². The van der Waals surface area contributed by atoms with Gasteiger partial charge in [0.2, 0.25) is 0 Å². The Hall–Kier alpha value is -1.35. The van der Waals surface area contributed by atoms with E-state index >= 15 is 0 Å². The van der Waals surface area contributed by atoms with Crippen molar-refractivity contribution in [3.05, 3.63) is 35.4 Å². The van der Waals surface area contributed by atoms with E-state index in [4.69, 9.17) is 10.8 Å². The molecule has 1 aliphatic carbocycles. The molecule has 0 saturated heterocycles. The van der Waals surface area contributed by atoms with Crippen LogP contribution >= 0.6 is 0 Å². The number of hydrogen-bond donors (Lipinski definition) is 2. The number of aryl methyl sites for hydroxylation is 1. The van der Waals surface area contributed by atoms with E-state index in [1.807, 2.05) is 18.2 Å². The molecule has 1 aromatic carbocycles. The number of benzene rings is 1. The number of carboxylic acids is 1. The molecular weight excluding hydrogens is 190 g/mol. The van der Waals surface area contributed by atoms with Crippen LogP contribution in [0.3, 0.4) is 0 Å². The van der Waals surface area contributed by atoms with Crippen LogP contribution in [-0.2, 0) is 11.2 Å². The van der Waals surface area contributed by atoms with Gasteiger partial charge >= 0.3 is 5.97 Å². The molecule has 2 rings (SSSR count). The summed E-state index contributed by atoms with van der Waals surface area (Å²) in [7, 11) is 0. The van der Waals surface area contributed by atoms with E-state index in [9.17, 15) is 4.79 Å². The summed E-state index contributed by atoms with van der Waals surface area (Å²) in [6.07, 6.45) is 1.55. The van der Waals surface area contributed by atoms with Gasteiger partial charge < -0.3 is 10.8 Å². The topological polar surface area (TPSA) is 63.3 Å². The molecule has 0 saturated carbocycles. The monoisotopic (exact) mass is 205 g/mol. The van der Waals surface area contributed by atoms with Crippen molar-refractivity contribution in [2.75, 3.05) is 6.54 Å². The van der Waals surface area contributed by atoms with E-state index in [1.165, 1.54) is 5.56 Å². The van der Waals surface area contributed by atoms with Crippen LogP contribution in [0.25, 0.3) is 0 Å². The maximum atomic E-state index is 11.1. The number of rotatable bonds is 2. The Balaban J connectivity index is 2.38. The Morgan fingerprint density at radius 3 is 2.87 bits per heavy atom. The van der Waals surface area contributed by atoms with E-state index in [1.54, 1.807) is 0 Å². The highest BCUT2D eigenvalue weighted by Gasteiger charge is 2.32. The van der Waals surface area contributed by atoms with Crippen molar-refractivity contribution in [3.63, 3.8) is 0 Å². The predicted octanol–water partition coefficient (Wildman–Crippen LogP) is 1.38. The first kappa shape index (κ1) is 10.2. The van der Waals surface area contributed by atoms with Crippen LogP contribution in [0, 0.1) is 5.92 Å². The lowest BCUT2D eigenvalue weighted by molar-refractivity contribution is -0.142. The molecule has 3 heteroatoms. The Morgan fingerprint density at radius 2 is 2.20 bits per heavy atom. The van der Waals surface area contributed by atoms with Crippen LogP contribution in [-0.4, -0.2) is 17.6 Å². The Bertz CT molecular complexity index is 376. The van der Waals surface area contributed by atoms with Gasteiger partial charge in [-0.25, -0.2) is 0 Å². The van der Waals surface area contributed by atoms with Gasteiger partial charge in [-0.1, -0.05) is 24.3 Å². The van der Waals surface area contributed by atoms with Crippen molar-refractivity contribution in [2.24, 2.45) is 11.7 Å². The van der Waals surface area contributed by atoms with Gasteiger partial charge in [-0.2, -0.15) is 0 Å². The molecule has 3 N–H and O–H groups in total. The smallest absolute Gasteiger partial charge is 0.307 e. The second-order valence-corrected chi connectivity index (χ2v) is 4.02. The standard InChI is InChI=1S/C12H15NO2/c13-7-11-9-4-2-1-3-8(9)5-6-10(11)12(14)15/h1-4,10-11H,5-7,13H2,(H,14,15). The largest absolute Gasteiger partial charge is 0.481 e. The SMILES string of the molecule is NCC1c2ccccc2CCC1C(=O)O. The number of carboxylic acid groups (broad SMARTS) is 1. The molecule has 15 heavy (non-hydrogen) atoms. The van der Waals surface area contributed by atoms with Crippen molar-refractivity contribution in [3.8, 4) is 0 Å². The Morgan fingerprint density at radius 1 is 1.47 bits per heavy atom. The van der Waals surface area contributed by atoms with Gasteiger partial charge in [0.1, 0.15) is 0 Å². The van der Waals surface area contributed by atoms with Gasteiger partial charge in [-0.3, -0.25) is 4.79 Å². The lowest BCUT2D eigenvalue weighted by Gasteiger charge is -2.30. The van der Waals surface area contributed by atoms with Gasteiger partial charge in [0.05, 0.1) is 5.92 Å². The third-order valence-corrected chi connectivity index (χ3v) is 3.24. The number of fused-ring (bicyclic) bond motifs is 1. The molecular formula is C12H15NO2. The van der Waals surface area contributed by atoms with E-state index in [-0.39, 0.29) is 11.8 Å². The average molecular weight is 205 g/mol. The van der Waals surface area contributed by atoms with Crippen LogP contribution in [0.4, 0.5) is 0 Å². The molecule has 1 aliphatic rings. The predicted molar refractivity (Wildman–Crippen MR) is 57.7 cm³/mol. The summed E-state index contributed by atoms with van der Waals surface area (Å²) in [6, 6.07) is 8.01. The molecule has 2 unspecified atom stereocenters. The lowest BCUT2D eigenvalue weighted by Crippen LogP contribution is -2.32. The molecule has 0 aliphatic heterocycles. The van der Waals surface area contributed by atoms with Gasteiger partial charge in [-0.15, -0.1) is 0 Å². The third kappa shape index (κ3) is 1.75. The molecule has 3 nitrogen and oxygen atoms in total. The highest BCUT2D eigenvalue weighted by molar-refractivity contribution is 5.72. The van der Waals surface area contributed by atoms with Crippen molar-refractivity contribution in [2.45, 2.75) is 18.8 Å². The van der Waals surface area contributed by atoms with Crippen LogP contribution in [0.5, 0.6) is 0 Å². The molecule has 0 bridgehead atoms. The fraction of sp³-hybridized carbons (Fsp3) is 0.417. The van der Waals surface area contributed by atoms with Crippen LogP contribution < -0.4 is 5.73 Å². The Kier molecular flexibility index (Phi) is 2.73. The molecule has 0 heterocycles. The number of hydrogen-bond acceptors (Lipinski definition) is 2. The fourth-order valence-electron chi connectivity index (χ4n) is 2.44. The van der Waals surface area contributed by atoms with E-state index < -0.39 is 5.97 Å². The summed E-state index contributed by atoms with van der Waals surface area (Å²) in [5.41, 5.74) is 8.06. The zero-order chi connectivity index (χ0) is 10.8. The quantitative estimate of drug-likeness (QED) is 0.766. The first-order valence-corrected chi connectivity index (χ1v) is 5.24. The Labute approximate surface area is 88.9 Å². The number of carbonyl (C=O) groups is 1. The maximum absolute atomic E-state index is 11.1. The summed E-state index contributed by atoms with van der Waals surface area (Å²) in [5.74, 6) is -1.06. The lowest BCUT2D eigenvalue weighted by atomic mass is 9.75. The first-order chi connectivity index (χ1) is 7.24. The van der Waals surface area contributed by atoms with Crippen LogP contribution in [0.1, 0.15) is 23.5 Å². The van der Waals surface area contributed by atoms with Gasteiger partial charge in [0.15, 0.2) is 0 Å². The summed E-state index contributed by atoms with van der Waals surface area (Å²) in [5, 5.41) is 9.11. The summed E-state index contributed by atoms with van der Waals surface area (Å²) in [4.78, 5) is 11.1. The first-order valence-electron chi connectivity index (χ1n) is 5.24. The normalized spacial score (nSPS) is 24.6. The molecule has 0 spiro atoms. The highest BCUT2D eigenvalue weighted by atomic mass is 16.4. The van der Waals surface area contributed by atoms with Gasteiger partial charge in [-0.05, 0) is 24.0 Å². The van der Waals surface area contributed by atoms with Crippen molar-refractivity contribution >= 4 is 5.97 Å². The van der Waals surface area contributed by atoms with Gasteiger partial charge in [0, 0.05) is 12.5 Å². The molecule has 0 amide bonds. The summed E-state index contributed by atoms with van der Waals surface area (Å²) in [6.45, 7) is 0.411. The molecule has 2 atom stereocenters. The zero-order valence-electron chi connectivity index (χ0n) is 8.52. The molecule has 0 radical (unpaired) electrons. The van der Waals surface area contributed by atoms with E-state index in [2.05, 4.69) is 6.07 Å². The minimum absolute atomic E-state index is 0.0209. The summed E-state index contributed by atoms with van der Waals surface area (Å²) >= 11 is 0. The number of nitrogens with two attached hydrogens (primary N) is 1. The van der Waals surface area contributed by atoms with E-state index in [0.29, 0.717) is 13.0 Å². The molecule has 1 aromatic rings.